The first-order valence-electron chi connectivity index (χ1n) is 6.14. The standard InChI is InChI=1S/C14H19NO2/c1-3-13(15)11-7-5-9-4-6-10(17-2)8-12(9)14(11)16/h4,6,8,11,13H,3,5,7,15H2,1-2H3. The van der Waals surface area contributed by atoms with Gasteiger partial charge in [-0.15, -0.1) is 0 Å². The molecule has 1 aromatic carbocycles. The van der Waals surface area contributed by atoms with Gasteiger partial charge in [-0.05, 0) is 37.0 Å². The van der Waals surface area contributed by atoms with Gasteiger partial charge < -0.3 is 10.5 Å². The van der Waals surface area contributed by atoms with Gasteiger partial charge in [-0.3, -0.25) is 4.79 Å². The van der Waals surface area contributed by atoms with E-state index in [1.807, 2.05) is 25.1 Å². The Morgan fingerprint density at radius 2 is 2.29 bits per heavy atom. The van der Waals surface area contributed by atoms with E-state index in [0.717, 1.165) is 36.1 Å². The molecule has 0 saturated carbocycles. The smallest absolute Gasteiger partial charge is 0.167 e. The molecule has 2 unspecified atom stereocenters. The molecular weight excluding hydrogens is 214 g/mol. The molecule has 1 aliphatic carbocycles. The number of Topliss-reactive ketones (excluding diaryl/α,β-unsaturated/α-hetero) is 1. The van der Waals surface area contributed by atoms with Gasteiger partial charge in [0.15, 0.2) is 5.78 Å². The van der Waals surface area contributed by atoms with Crippen LogP contribution in [0.1, 0.15) is 35.7 Å². The first-order valence-corrected chi connectivity index (χ1v) is 6.14. The number of aryl methyl sites for hydroxylation is 1. The van der Waals surface area contributed by atoms with Gasteiger partial charge in [-0.2, -0.15) is 0 Å². The summed E-state index contributed by atoms with van der Waals surface area (Å²) in [6, 6.07) is 5.71. The van der Waals surface area contributed by atoms with Gasteiger partial charge >= 0.3 is 0 Å². The summed E-state index contributed by atoms with van der Waals surface area (Å²) in [5.41, 5.74) is 7.93. The first-order chi connectivity index (χ1) is 8.17. The Hall–Kier alpha value is -1.35. The van der Waals surface area contributed by atoms with E-state index in [2.05, 4.69) is 0 Å². The molecule has 3 nitrogen and oxygen atoms in total. The van der Waals surface area contributed by atoms with E-state index in [-0.39, 0.29) is 17.7 Å². The molecule has 0 radical (unpaired) electrons. The Balaban J connectivity index is 2.33. The first kappa shape index (κ1) is 12.1. The summed E-state index contributed by atoms with van der Waals surface area (Å²) in [5.74, 6) is 0.891. The Morgan fingerprint density at radius 3 is 2.94 bits per heavy atom. The molecule has 1 aliphatic rings. The highest BCUT2D eigenvalue weighted by atomic mass is 16.5. The molecule has 3 heteroatoms. The van der Waals surface area contributed by atoms with Crippen LogP contribution in [0.2, 0.25) is 0 Å². The Morgan fingerprint density at radius 1 is 1.53 bits per heavy atom. The third-order valence-corrected chi connectivity index (χ3v) is 3.63. The maximum absolute atomic E-state index is 12.3. The zero-order valence-electron chi connectivity index (χ0n) is 10.4. The average molecular weight is 233 g/mol. The van der Waals surface area contributed by atoms with Crippen molar-refractivity contribution >= 4 is 5.78 Å². The van der Waals surface area contributed by atoms with Crippen molar-refractivity contribution in [1.82, 2.24) is 0 Å². The Bertz CT molecular complexity index is 428. The van der Waals surface area contributed by atoms with Crippen LogP contribution in [-0.2, 0) is 6.42 Å². The van der Waals surface area contributed by atoms with Crippen LogP contribution in [0.5, 0.6) is 5.75 Å². The Kier molecular flexibility index (Phi) is 3.48. The molecule has 0 fully saturated rings. The lowest BCUT2D eigenvalue weighted by Crippen LogP contribution is -2.38. The van der Waals surface area contributed by atoms with E-state index in [1.54, 1.807) is 7.11 Å². The fourth-order valence-corrected chi connectivity index (χ4v) is 2.46. The van der Waals surface area contributed by atoms with Crippen LogP contribution in [-0.4, -0.2) is 18.9 Å². The van der Waals surface area contributed by atoms with Crippen molar-refractivity contribution in [1.29, 1.82) is 0 Å². The second-order valence-electron chi connectivity index (χ2n) is 4.60. The molecule has 2 rings (SSSR count). The van der Waals surface area contributed by atoms with Gasteiger partial charge in [0.05, 0.1) is 7.11 Å². The SMILES string of the molecule is CCC(N)C1CCc2ccc(OC)cc2C1=O. The molecule has 0 heterocycles. The third-order valence-electron chi connectivity index (χ3n) is 3.63. The quantitative estimate of drug-likeness (QED) is 0.870. The number of carbonyl (C=O) groups is 1. The van der Waals surface area contributed by atoms with Crippen molar-refractivity contribution in [3.63, 3.8) is 0 Å². The number of hydrogen-bond donors (Lipinski definition) is 1. The van der Waals surface area contributed by atoms with E-state index in [9.17, 15) is 4.79 Å². The highest BCUT2D eigenvalue weighted by molar-refractivity contribution is 6.01. The van der Waals surface area contributed by atoms with E-state index >= 15 is 0 Å². The number of benzene rings is 1. The second-order valence-corrected chi connectivity index (χ2v) is 4.60. The minimum Gasteiger partial charge on any atom is -0.497 e. The topological polar surface area (TPSA) is 52.3 Å². The van der Waals surface area contributed by atoms with Crippen molar-refractivity contribution in [2.75, 3.05) is 7.11 Å². The van der Waals surface area contributed by atoms with Crippen molar-refractivity contribution in [2.45, 2.75) is 32.2 Å². The minimum absolute atomic E-state index is 0.0261. The summed E-state index contributed by atoms with van der Waals surface area (Å²) >= 11 is 0. The highest BCUT2D eigenvalue weighted by Crippen LogP contribution is 2.30. The van der Waals surface area contributed by atoms with Gasteiger partial charge in [-0.1, -0.05) is 13.0 Å². The van der Waals surface area contributed by atoms with Crippen molar-refractivity contribution in [3.05, 3.63) is 29.3 Å². The monoisotopic (exact) mass is 233 g/mol. The zero-order chi connectivity index (χ0) is 12.4. The molecule has 2 N–H and O–H groups in total. The molecule has 1 aromatic rings. The molecular formula is C14H19NO2. The van der Waals surface area contributed by atoms with Crippen LogP contribution >= 0.6 is 0 Å². The molecule has 0 bridgehead atoms. The number of rotatable bonds is 3. The van der Waals surface area contributed by atoms with Gasteiger partial charge in [0, 0.05) is 17.5 Å². The Labute approximate surface area is 102 Å². The van der Waals surface area contributed by atoms with Gasteiger partial charge in [0.2, 0.25) is 0 Å². The lowest BCUT2D eigenvalue weighted by Gasteiger charge is -2.27. The summed E-state index contributed by atoms with van der Waals surface area (Å²) in [6.45, 7) is 2.03. The lowest BCUT2D eigenvalue weighted by molar-refractivity contribution is 0.0879. The molecule has 0 aromatic heterocycles. The molecule has 0 aliphatic heterocycles. The minimum atomic E-state index is -0.0281. The molecule has 17 heavy (non-hydrogen) atoms. The normalized spacial score (nSPS) is 20.9. The van der Waals surface area contributed by atoms with Crippen LogP contribution < -0.4 is 10.5 Å². The van der Waals surface area contributed by atoms with E-state index in [0.29, 0.717) is 0 Å². The van der Waals surface area contributed by atoms with E-state index < -0.39 is 0 Å². The summed E-state index contributed by atoms with van der Waals surface area (Å²) in [7, 11) is 1.62. The fraction of sp³-hybridized carbons (Fsp3) is 0.500. The molecule has 2 atom stereocenters. The summed E-state index contributed by atoms with van der Waals surface area (Å²) < 4.78 is 5.17. The average Bonchev–Trinajstić information content (AvgIpc) is 2.38. The van der Waals surface area contributed by atoms with Crippen molar-refractivity contribution < 1.29 is 9.53 Å². The van der Waals surface area contributed by atoms with E-state index in [4.69, 9.17) is 10.5 Å². The largest absolute Gasteiger partial charge is 0.497 e. The number of hydrogen-bond acceptors (Lipinski definition) is 3. The van der Waals surface area contributed by atoms with Crippen LogP contribution in [0.25, 0.3) is 0 Å². The van der Waals surface area contributed by atoms with Crippen molar-refractivity contribution in [3.8, 4) is 5.75 Å². The predicted octanol–water partition coefficient (Wildman–Crippen LogP) is 2.18. The third kappa shape index (κ3) is 2.20. The van der Waals surface area contributed by atoms with Crippen LogP contribution in [0.15, 0.2) is 18.2 Å². The number of nitrogens with two attached hydrogens (primary N) is 1. The van der Waals surface area contributed by atoms with Gasteiger partial charge in [0.1, 0.15) is 5.75 Å². The van der Waals surface area contributed by atoms with Crippen LogP contribution in [0.4, 0.5) is 0 Å². The van der Waals surface area contributed by atoms with Crippen LogP contribution in [0, 0.1) is 5.92 Å². The number of fused-ring (bicyclic) bond motifs is 1. The molecule has 0 spiro atoms. The molecule has 0 amide bonds. The van der Waals surface area contributed by atoms with Gasteiger partial charge in [-0.25, -0.2) is 0 Å². The van der Waals surface area contributed by atoms with E-state index in [1.165, 1.54) is 0 Å². The molecule has 0 saturated heterocycles. The number of ether oxygens (including phenoxy) is 1. The maximum atomic E-state index is 12.3. The fourth-order valence-electron chi connectivity index (χ4n) is 2.46. The summed E-state index contributed by atoms with van der Waals surface area (Å²) in [5, 5.41) is 0. The lowest BCUT2D eigenvalue weighted by atomic mass is 9.78. The second kappa shape index (κ2) is 4.88. The molecule has 92 valence electrons. The summed E-state index contributed by atoms with van der Waals surface area (Å²) in [4.78, 5) is 12.3. The van der Waals surface area contributed by atoms with Crippen molar-refractivity contribution in [2.24, 2.45) is 11.7 Å². The number of methoxy groups -OCH3 is 1. The summed E-state index contributed by atoms with van der Waals surface area (Å²) in [6.07, 6.45) is 2.65. The number of carbonyl (C=O) groups excluding carboxylic acids is 1. The highest BCUT2D eigenvalue weighted by Gasteiger charge is 2.31. The zero-order valence-corrected chi connectivity index (χ0v) is 10.4. The predicted molar refractivity (Wildman–Crippen MR) is 67.4 cm³/mol. The van der Waals surface area contributed by atoms with Crippen LogP contribution in [0.3, 0.4) is 0 Å². The van der Waals surface area contributed by atoms with Gasteiger partial charge in [0.25, 0.3) is 0 Å². The number of ketones is 1. The maximum Gasteiger partial charge on any atom is 0.167 e.